The molecule has 1 aliphatic rings. The van der Waals surface area contributed by atoms with Crippen LogP contribution in [0.2, 0.25) is 0 Å². The number of hydrogen-bond acceptors (Lipinski definition) is 3. The van der Waals surface area contributed by atoms with Gasteiger partial charge in [-0.1, -0.05) is 18.2 Å². The molecule has 132 valence electrons. The number of aryl methyl sites for hydroxylation is 1. The lowest BCUT2D eigenvalue weighted by Gasteiger charge is -2.22. The van der Waals surface area contributed by atoms with Gasteiger partial charge in [-0.05, 0) is 49.2 Å². The molecule has 0 saturated carbocycles. The lowest BCUT2D eigenvalue weighted by Crippen LogP contribution is -2.35. The molecule has 3 aromatic rings. The van der Waals surface area contributed by atoms with Gasteiger partial charge in [0, 0.05) is 30.1 Å². The normalized spacial score (nSPS) is 15.9. The molecule has 26 heavy (non-hydrogen) atoms. The summed E-state index contributed by atoms with van der Waals surface area (Å²) in [6, 6.07) is 14.3. The standard InChI is InChI=1S/C21H19FN2O2/c1-14-12-16-4-2-3-5-18(16)24(14)21(25)11-10-20-23-13-19(26-20)15-6-8-17(22)9-7-15/h2-9,13-14H,10-12H2,1H3. The van der Waals surface area contributed by atoms with Crippen molar-refractivity contribution in [2.75, 3.05) is 4.90 Å². The van der Waals surface area contributed by atoms with Crippen molar-refractivity contribution in [3.63, 3.8) is 0 Å². The predicted molar refractivity (Wildman–Crippen MR) is 97.3 cm³/mol. The summed E-state index contributed by atoms with van der Waals surface area (Å²) in [6.07, 6.45) is 3.27. The van der Waals surface area contributed by atoms with Crippen LogP contribution in [0.4, 0.5) is 10.1 Å². The highest BCUT2D eigenvalue weighted by atomic mass is 19.1. The van der Waals surface area contributed by atoms with Crippen molar-refractivity contribution in [1.29, 1.82) is 0 Å². The monoisotopic (exact) mass is 350 g/mol. The fraction of sp³-hybridized carbons (Fsp3) is 0.238. The van der Waals surface area contributed by atoms with Crippen molar-refractivity contribution in [2.24, 2.45) is 0 Å². The Kier molecular flexibility index (Phi) is 4.29. The first-order valence-corrected chi connectivity index (χ1v) is 8.72. The molecule has 1 aromatic heterocycles. The molecule has 4 nitrogen and oxygen atoms in total. The Morgan fingerprint density at radius 1 is 1.23 bits per heavy atom. The molecule has 0 aliphatic carbocycles. The van der Waals surface area contributed by atoms with E-state index in [2.05, 4.69) is 18.0 Å². The van der Waals surface area contributed by atoms with Gasteiger partial charge in [0.05, 0.1) is 6.20 Å². The fourth-order valence-electron chi connectivity index (χ4n) is 3.45. The van der Waals surface area contributed by atoms with E-state index in [1.54, 1.807) is 18.3 Å². The van der Waals surface area contributed by atoms with E-state index in [1.807, 2.05) is 23.1 Å². The molecule has 2 aromatic carbocycles. The first kappa shape index (κ1) is 16.5. The minimum atomic E-state index is -0.293. The number of benzene rings is 2. The van der Waals surface area contributed by atoms with Crippen LogP contribution in [-0.4, -0.2) is 16.9 Å². The summed E-state index contributed by atoms with van der Waals surface area (Å²) in [5.41, 5.74) is 2.98. The largest absolute Gasteiger partial charge is 0.441 e. The van der Waals surface area contributed by atoms with Crippen LogP contribution >= 0.6 is 0 Å². The topological polar surface area (TPSA) is 46.3 Å². The van der Waals surface area contributed by atoms with Gasteiger partial charge < -0.3 is 9.32 Å². The van der Waals surface area contributed by atoms with Gasteiger partial charge in [-0.25, -0.2) is 9.37 Å². The van der Waals surface area contributed by atoms with Crippen molar-refractivity contribution in [3.8, 4) is 11.3 Å². The van der Waals surface area contributed by atoms with E-state index < -0.39 is 0 Å². The summed E-state index contributed by atoms with van der Waals surface area (Å²) in [5, 5.41) is 0. The first-order valence-electron chi connectivity index (χ1n) is 8.72. The van der Waals surface area contributed by atoms with E-state index in [-0.39, 0.29) is 17.8 Å². The van der Waals surface area contributed by atoms with Crippen LogP contribution in [-0.2, 0) is 17.6 Å². The zero-order chi connectivity index (χ0) is 18.1. The Labute approximate surface area is 151 Å². The summed E-state index contributed by atoms with van der Waals surface area (Å²) in [4.78, 5) is 18.8. The van der Waals surface area contributed by atoms with E-state index in [0.717, 1.165) is 17.7 Å². The van der Waals surface area contributed by atoms with Crippen LogP contribution in [0, 0.1) is 5.82 Å². The highest BCUT2D eigenvalue weighted by Crippen LogP contribution is 2.32. The number of rotatable bonds is 4. The average molecular weight is 350 g/mol. The Morgan fingerprint density at radius 3 is 2.81 bits per heavy atom. The van der Waals surface area contributed by atoms with E-state index in [4.69, 9.17) is 4.42 Å². The van der Waals surface area contributed by atoms with Crippen LogP contribution in [0.15, 0.2) is 59.1 Å². The third-order valence-corrected chi connectivity index (χ3v) is 4.71. The summed E-state index contributed by atoms with van der Waals surface area (Å²) in [6.45, 7) is 2.07. The van der Waals surface area contributed by atoms with Crippen LogP contribution in [0.25, 0.3) is 11.3 Å². The van der Waals surface area contributed by atoms with Gasteiger partial charge >= 0.3 is 0 Å². The Balaban J connectivity index is 1.43. The third-order valence-electron chi connectivity index (χ3n) is 4.71. The minimum absolute atomic E-state index is 0.0731. The second-order valence-corrected chi connectivity index (χ2v) is 6.57. The van der Waals surface area contributed by atoms with Crippen LogP contribution < -0.4 is 4.90 Å². The number of para-hydroxylation sites is 1. The number of hydrogen-bond donors (Lipinski definition) is 0. The average Bonchev–Trinajstić information content (AvgIpc) is 3.24. The third kappa shape index (κ3) is 3.12. The number of aromatic nitrogens is 1. The number of fused-ring (bicyclic) bond motifs is 1. The second kappa shape index (κ2) is 6.75. The van der Waals surface area contributed by atoms with Crippen molar-refractivity contribution in [1.82, 2.24) is 4.98 Å². The van der Waals surface area contributed by atoms with Crippen molar-refractivity contribution in [2.45, 2.75) is 32.2 Å². The molecule has 1 amide bonds. The Bertz CT molecular complexity index is 933. The van der Waals surface area contributed by atoms with E-state index in [1.165, 1.54) is 17.7 Å². The zero-order valence-corrected chi connectivity index (χ0v) is 14.5. The Hall–Kier alpha value is -2.95. The number of carbonyl (C=O) groups excluding carboxylic acids is 1. The molecular formula is C21H19FN2O2. The van der Waals surface area contributed by atoms with Gasteiger partial charge in [0.2, 0.25) is 5.91 Å². The lowest BCUT2D eigenvalue weighted by molar-refractivity contribution is -0.118. The number of anilines is 1. The molecule has 1 atom stereocenters. The molecule has 0 saturated heterocycles. The van der Waals surface area contributed by atoms with Crippen LogP contribution in [0.3, 0.4) is 0 Å². The van der Waals surface area contributed by atoms with E-state index in [9.17, 15) is 9.18 Å². The highest BCUT2D eigenvalue weighted by molar-refractivity contribution is 5.96. The fourth-order valence-corrected chi connectivity index (χ4v) is 3.45. The zero-order valence-electron chi connectivity index (χ0n) is 14.5. The summed E-state index contributed by atoms with van der Waals surface area (Å²) < 4.78 is 18.7. The maximum absolute atomic E-state index is 13.0. The summed E-state index contributed by atoms with van der Waals surface area (Å²) in [7, 11) is 0. The lowest BCUT2D eigenvalue weighted by atomic mass is 10.1. The minimum Gasteiger partial charge on any atom is -0.441 e. The van der Waals surface area contributed by atoms with Crippen molar-refractivity contribution < 1.29 is 13.6 Å². The van der Waals surface area contributed by atoms with E-state index in [0.29, 0.717) is 24.5 Å². The van der Waals surface area contributed by atoms with Crippen LogP contribution in [0.5, 0.6) is 0 Å². The molecule has 2 heterocycles. The second-order valence-electron chi connectivity index (χ2n) is 6.57. The summed E-state index contributed by atoms with van der Waals surface area (Å²) in [5.74, 6) is 0.869. The van der Waals surface area contributed by atoms with Crippen molar-refractivity contribution >= 4 is 11.6 Å². The predicted octanol–water partition coefficient (Wildman–Crippen LogP) is 4.39. The van der Waals surface area contributed by atoms with Gasteiger partial charge in [-0.15, -0.1) is 0 Å². The van der Waals surface area contributed by atoms with Crippen LogP contribution in [0.1, 0.15) is 24.8 Å². The molecule has 0 spiro atoms. The van der Waals surface area contributed by atoms with E-state index >= 15 is 0 Å². The molecule has 1 aliphatic heterocycles. The van der Waals surface area contributed by atoms with Crippen molar-refractivity contribution in [3.05, 3.63) is 72.0 Å². The Morgan fingerprint density at radius 2 is 2.00 bits per heavy atom. The number of oxazole rings is 1. The SMILES string of the molecule is CC1Cc2ccccc2N1C(=O)CCc1ncc(-c2ccc(F)cc2)o1. The highest BCUT2D eigenvalue weighted by Gasteiger charge is 2.30. The molecule has 4 rings (SSSR count). The van der Waals surface area contributed by atoms with Gasteiger partial charge in [0.25, 0.3) is 0 Å². The molecule has 1 unspecified atom stereocenters. The number of amides is 1. The maximum Gasteiger partial charge on any atom is 0.227 e. The van der Waals surface area contributed by atoms with Gasteiger partial charge in [-0.2, -0.15) is 0 Å². The maximum atomic E-state index is 13.0. The smallest absolute Gasteiger partial charge is 0.227 e. The molecule has 0 N–H and O–H groups in total. The number of carbonyl (C=O) groups is 1. The molecule has 0 bridgehead atoms. The number of nitrogens with zero attached hydrogens (tertiary/aromatic N) is 2. The number of halogens is 1. The van der Waals surface area contributed by atoms with Gasteiger partial charge in [0.15, 0.2) is 11.7 Å². The quantitative estimate of drug-likeness (QED) is 0.701. The molecule has 0 fully saturated rings. The molecular weight excluding hydrogens is 331 g/mol. The van der Waals surface area contributed by atoms with Gasteiger partial charge in [-0.3, -0.25) is 4.79 Å². The summed E-state index contributed by atoms with van der Waals surface area (Å²) >= 11 is 0. The molecule has 5 heteroatoms. The van der Waals surface area contributed by atoms with Gasteiger partial charge in [0.1, 0.15) is 5.82 Å². The first-order chi connectivity index (χ1) is 12.6. The molecule has 0 radical (unpaired) electrons.